The molecule has 0 aromatic carbocycles. The first-order valence-corrected chi connectivity index (χ1v) is 9.85. The quantitative estimate of drug-likeness (QED) is 0.535. The van der Waals surface area contributed by atoms with Crippen molar-refractivity contribution in [2.75, 3.05) is 0 Å². The number of hydrogen-bond acceptors (Lipinski definition) is 6. The molecule has 8 heteroatoms. The molecule has 0 radical (unpaired) electrons. The molecule has 144 valence electrons. The van der Waals surface area contributed by atoms with E-state index in [1.54, 1.807) is 43.5 Å². The van der Waals surface area contributed by atoms with E-state index in [0.29, 0.717) is 5.69 Å². The number of fused-ring (bicyclic) bond motifs is 1. The normalized spacial score (nSPS) is 11.4. The summed E-state index contributed by atoms with van der Waals surface area (Å²) in [5, 5.41) is 15.7. The summed E-state index contributed by atoms with van der Waals surface area (Å²) >= 11 is 1.60. The van der Waals surface area contributed by atoms with Crippen molar-refractivity contribution < 1.29 is 4.79 Å². The van der Waals surface area contributed by atoms with Crippen LogP contribution in [0.5, 0.6) is 0 Å². The molecule has 7 nitrogen and oxygen atoms in total. The summed E-state index contributed by atoms with van der Waals surface area (Å²) in [6.07, 6.45) is 1.72. The molecule has 4 rings (SSSR count). The van der Waals surface area contributed by atoms with Gasteiger partial charge in [-0.2, -0.15) is 5.26 Å². The van der Waals surface area contributed by atoms with Gasteiger partial charge in [-0.05, 0) is 45.0 Å². The molecule has 1 amide bonds. The van der Waals surface area contributed by atoms with Crippen molar-refractivity contribution in [3.63, 3.8) is 0 Å². The van der Waals surface area contributed by atoms with Crippen molar-refractivity contribution in [1.29, 1.82) is 5.26 Å². The van der Waals surface area contributed by atoms with Gasteiger partial charge in [0, 0.05) is 22.5 Å². The van der Waals surface area contributed by atoms with Gasteiger partial charge in [-0.1, -0.05) is 6.07 Å². The molecule has 0 bridgehead atoms. The minimum Gasteiger partial charge on any atom is -0.338 e. The lowest BCUT2D eigenvalue weighted by atomic mass is 10.1. The van der Waals surface area contributed by atoms with Gasteiger partial charge in [-0.3, -0.25) is 4.79 Å². The molecule has 2 N–H and O–H groups in total. The van der Waals surface area contributed by atoms with Gasteiger partial charge in [0.25, 0.3) is 5.91 Å². The van der Waals surface area contributed by atoms with Crippen molar-refractivity contribution >= 4 is 28.3 Å². The van der Waals surface area contributed by atoms with Gasteiger partial charge in [-0.25, -0.2) is 15.0 Å². The number of H-pyrrole nitrogens is 1. The van der Waals surface area contributed by atoms with Gasteiger partial charge >= 0.3 is 0 Å². The number of nitriles is 1. The van der Waals surface area contributed by atoms with Gasteiger partial charge in [-0.15, -0.1) is 11.3 Å². The second kappa shape index (κ2) is 7.11. The van der Waals surface area contributed by atoms with Crippen LogP contribution in [0, 0.1) is 18.3 Å². The number of carbonyl (C=O) groups is 1. The Labute approximate surface area is 171 Å². The van der Waals surface area contributed by atoms with E-state index in [1.165, 1.54) is 0 Å². The number of carbonyl (C=O) groups excluding carboxylic acids is 1. The summed E-state index contributed by atoms with van der Waals surface area (Å²) in [6, 6.07) is 11.2. The third-order valence-electron chi connectivity index (χ3n) is 4.35. The van der Waals surface area contributed by atoms with Crippen LogP contribution < -0.4 is 5.32 Å². The molecular weight excluding hydrogens is 384 g/mol. The fraction of sp³-hybridized carbons (Fsp3) is 0.190. The Kier molecular flexibility index (Phi) is 4.60. The summed E-state index contributed by atoms with van der Waals surface area (Å²) in [5.41, 5.74) is 3.28. The number of nitrogens with zero attached hydrogens (tertiary/aromatic N) is 4. The van der Waals surface area contributed by atoms with Crippen LogP contribution in [0.15, 0.2) is 41.9 Å². The molecule has 4 aromatic rings. The van der Waals surface area contributed by atoms with Crippen LogP contribution in [0.25, 0.3) is 33.7 Å². The zero-order valence-electron chi connectivity index (χ0n) is 16.1. The Morgan fingerprint density at radius 3 is 2.79 bits per heavy atom. The van der Waals surface area contributed by atoms with Crippen molar-refractivity contribution in [3.05, 3.63) is 52.6 Å². The molecule has 0 saturated heterocycles. The van der Waals surface area contributed by atoms with Crippen LogP contribution in [-0.2, 0) is 0 Å². The number of rotatable bonds is 4. The number of aromatic amines is 1. The molecule has 0 atom stereocenters. The molecule has 0 aliphatic carbocycles. The standard InChI is InChI=1S/C21H18N6OS/c1-12-24-18(10-29-12)17-8-13-7-14(9-23-19(13)26-17)15-5-4-6-16(25-15)20(28)27-21(2,3)11-22/h4-10H,1-3H3,(H,23,26)(H,27,28). The summed E-state index contributed by atoms with van der Waals surface area (Å²) in [5.74, 6) is -0.393. The first-order chi connectivity index (χ1) is 13.8. The highest BCUT2D eigenvalue weighted by atomic mass is 32.1. The predicted molar refractivity (Wildman–Crippen MR) is 112 cm³/mol. The second-order valence-electron chi connectivity index (χ2n) is 7.20. The smallest absolute Gasteiger partial charge is 0.271 e. The number of aryl methyl sites for hydroxylation is 1. The lowest BCUT2D eigenvalue weighted by molar-refractivity contribution is 0.0924. The maximum Gasteiger partial charge on any atom is 0.271 e. The van der Waals surface area contributed by atoms with Crippen LogP contribution in [0.4, 0.5) is 0 Å². The van der Waals surface area contributed by atoms with Crippen LogP contribution in [0.1, 0.15) is 29.3 Å². The lowest BCUT2D eigenvalue weighted by Gasteiger charge is -2.17. The Hall–Kier alpha value is -3.57. The van der Waals surface area contributed by atoms with E-state index >= 15 is 0 Å². The average molecular weight is 402 g/mol. The summed E-state index contributed by atoms with van der Waals surface area (Å²) < 4.78 is 0. The molecule has 4 aromatic heterocycles. The van der Waals surface area contributed by atoms with Crippen LogP contribution in [0.2, 0.25) is 0 Å². The minimum absolute atomic E-state index is 0.249. The molecule has 0 unspecified atom stereocenters. The van der Waals surface area contributed by atoms with Crippen molar-refractivity contribution in [3.8, 4) is 28.7 Å². The average Bonchev–Trinajstić information content (AvgIpc) is 3.33. The summed E-state index contributed by atoms with van der Waals surface area (Å²) in [6.45, 7) is 5.25. The van der Waals surface area contributed by atoms with Crippen molar-refractivity contribution in [2.45, 2.75) is 26.3 Å². The van der Waals surface area contributed by atoms with E-state index in [4.69, 9.17) is 5.26 Å². The highest BCUT2D eigenvalue weighted by molar-refractivity contribution is 7.09. The minimum atomic E-state index is -0.967. The van der Waals surface area contributed by atoms with Gasteiger partial charge < -0.3 is 10.3 Å². The largest absolute Gasteiger partial charge is 0.338 e. The van der Waals surface area contributed by atoms with E-state index in [1.807, 2.05) is 36.6 Å². The maximum absolute atomic E-state index is 12.4. The number of pyridine rings is 2. The highest BCUT2D eigenvalue weighted by Gasteiger charge is 2.21. The summed E-state index contributed by atoms with van der Waals surface area (Å²) in [7, 11) is 0. The molecule has 0 aliphatic rings. The zero-order valence-corrected chi connectivity index (χ0v) is 17.0. The SMILES string of the molecule is Cc1nc(-c2cc3cc(-c4cccc(C(=O)NC(C)(C)C#N)n4)cnc3[nH]2)cs1. The predicted octanol–water partition coefficient (Wildman–Crippen LogP) is 4.09. The first-order valence-electron chi connectivity index (χ1n) is 8.97. The lowest BCUT2D eigenvalue weighted by Crippen LogP contribution is -2.42. The number of amides is 1. The van der Waals surface area contributed by atoms with Gasteiger partial charge in [0.15, 0.2) is 0 Å². The topological polar surface area (TPSA) is 107 Å². The molecular formula is C21H18N6OS. The Morgan fingerprint density at radius 2 is 2.07 bits per heavy atom. The van der Waals surface area contributed by atoms with E-state index < -0.39 is 11.4 Å². The molecule has 0 aliphatic heterocycles. The number of nitrogens with one attached hydrogen (secondary N) is 2. The fourth-order valence-electron chi connectivity index (χ4n) is 2.88. The summed E-state index contributed by atoms with van der Waals surface area (Å²) in [4.78, 5) is 29.2. The van der Waals surface area contributed by atoms with E-state index in [-0.39, 0.29) is 5.69 Å². The van der Waals surface area contributed by atoms with Crippen LogP contribution in [-0.4, -0.2) is 31.4 Å². The Morgan fingerprint density at radius 1 is 1.24 bits per heavy atom. The van der Waals surface area contributed by atoms with Gasteiger partial charge in [0.2, 0.25) is 0 Å². The number of thiazole rings is 1. The monoisotopic (exact) mass is 402 g/mol. The fourth-order valence-corrected chi connectivity index (χ4v) is 3.49. The van der Waals surface area contributed by atoms with Gasteiger partial charge in [0.05, 0.1) is 28.2 Å². The van der Waals surface area contributed by atoms with Gasteiger partial charge in [0.1, 0.15) is 16.9 Å². The van der Waals surface area contributed by atoms with E-state index in [9.17, 15) is 4.79 Å². The molecule has 0 spiro atoms. The Balaban J connectivity index is 1.66. The third kappa shape index (κ3) is 3.86. The number of aromatic nitrogens is 4. The third-order valence-corrected chi connectivity index (χ3v) is 5.12. The molecule has 0 saturated carbocycles. The van der Waals surface area contributed by atoms with Crippen molar-refractivity contribution in [1.82, 2.24) is 25.3 Å². The van der Waals surface area contributed by atoms with E-state index in [0.717, 1.165) is 33.0 Å². The molecule has 29 heavy (non-hydrogen) atoms. The highest BCUT2D eigenvalue weighted by Crippen LogP contribution is 2.27. The zero-order chi connectivity index (χ0) is 20.6. The number of hydrogen-bond donors (Lipinski definition) is 2. The van der Waals surface area contributed by atoms with Crippen LogP contribution >= 0.6 is 11.3 Å². The van der Waals surface area contributed by atoms with E-state index in [2.05, 4.69) is 25.3 Å². The Bertz CT molecular complexity index is 1260. The molecule has 4 heterocycles. The van der Waals surface area contributed by atoms with Crippen LogP contribution in [0.3, 0.4) is 0 Å². The maximum atomic E-state index is 12.4. The molecule has 0 fully saturated rings. The first kappa shape index (κ1) is 18.8. The second-order valence-corrected chi connectivity index (χ2v) is 8.26. The van der Waals surface area contributed by atoms with Crippen molar-refractivity contribution in [2.24, 2.45) is 0 Å².